The van der Waals surface area contributed by atoms with E-state index >= 15 is 0 Å². The van der Waals surface area contributed by atoms with Crippen LogP contribution in [-0.4, -0.2) is 19.7 Å². The molecule has 0 aliphatic rings. The van der Waals surface area contributed by atoms with Crippen molar-refractivity contribution < 1.29 is 0 Å². The van der Waals surface area contributed by atoms with Crippen LogP contribution in [0.2, 0.25) is 0 Å². The zero-order valence-electron chi connectivity index (χ0n) is 9.77. The van der Waals surface area contributed by atoms with Crippen molar-refractivity contribution in [3.05, 3.63) is 66.9 Å². The quantitative estimate of drug-likeness (QED) is 0.701. The predicted molar refractivity (Wildman–Crippen MR) is 68.8 cm³/mol. The molecule has 0 N–H and O–H groups in total. The summed E-state index contributed by atoms with van der Waals surface area (Å²) in [6.07, 6.45) is 5.29. The maximum atomic E-state index is 4.48. The fourth-order valence-electron chi connectivity index (χ4n) is 1.81. The molecule has 0 aliphatic heterocycles. The Morgan fingerprint density at radius 1 is 0.889 bits per heavy atom. The lowest BCUT2D eigenvalue weighted by molar-refractivity contribution is 0.790. The SMILES string of the molecule is c1ccc(-c2ccc(Cn3cnnc3)cn2)cc1. The fourth-order valence-corrected chi connectivity index (χ4v) is 1.81. The second-order valence-electron chi connectivity index (χ2n) is 4.05. The van der Waals surface area contributed by atoms with Gasteiger partial charge in [-0.3, -0.25) is 4.98 Å². The van der Waals surface area contributed by atoms with E-state index < -0.39 is 0 Å². The van der Waals surface area contributed by atoms with Gasteiger partial charge in [0.2, 0.25) is 0 Å². The molecule has 0 aliphatic carbocycles. The molecule has 0 atom stereocenters. The first-order chi connectivity index (χ1) is 8.92. The summed E-state index contributed by atoms with van der Waals surface area (Å²) >= 11 is 0. The van der Waals surface area contributed by atoms with Crippen molar-refractivity contribution in [1.82, 2.24) is 19.7 Å². The van der Waals surface area contributed by atoms with E-state index in [1.165, 1.54) is 0 Å². The number of pyridine rings is 1. The molecule has 0 bridgehead atoms. The highest BCUT2D eigenvalue weighted by Crippen LogP contribution is 2.16. The van der Waals surface area contributed by atoms with Gasteiger partial charge in [0.05, 0.1) is 12.2 Å². The van der Waals surface area contributed by atoms with Gasteiger partial charge < -0.3 is 4.57 Å². The minimum atomic E-state index is 0.745. The largest absolute Gasteiger partial charge is 0.316 e. The van der Waals surface area contributed by atoms with Crippen molar-refractivity contribution in [2.24, 2.45) is 0 Å². The van der Waals surface area contributed by atoms with Gasteiger partial charge in [-0.1, -0.05) is 36.4 Å². The Morgan fingerprint density at radius 2 is 1.67 bits per heavy atom. The average Bonchev–Trinajstić information content (AvgIpc) is 2.94. The van der Waals surface area contributed by atoms with Crippen LogP contribution in [0.15, 0.2) is 61.3 Å². The molecule has 0 saturated carbocycles. The van der Waals surface area contributed by atoms with Gasteiger partial charge in [-0.15, -0.1) is 10.2 Å². The number of rotatable bonds is 3. The monoisotopic (exact) mass is 236 g/mol. The lowest BCUT2D eigenvalue weighted by Crippen LogP contribution is -1.97. The molecule has 0 spiro atoms. The molecule has 2 aromatic heterocycles. The number of nitrogens with zero attached hydrogens (tertiary/aromatic N) is 4. The summed E-state index contributed by atoms with van der Waals surface area (Å²) in [7, 11) is 0. The van der Waals surface area contributed by atoms with Gasteiger partial charge in [-0.2, -0.15) is 0 Å². The first-order valence-corrected chi connectivity index (χ1v) is 5.74. The van der Waals surface area contributed by atoms with E-state index in [-0.39, 0.29) is 0 Å². The third-order valence-electron chi connectivity index (χ3n) is 2.73. The van der Waals surface area contributed by atoms with Gasteiger partial charge in [0, 0.05) is 11.8 Å². The second-order valence-corrected chi connectivity index (χ2v) is 4.05. The molecule has 4 heteroatoms. The molecule has 0 radical (unpaired) electrons. The van der Waals surface area contributed by atoms with Crippen LogP contribution >= 0.6 is 0 Å². The van der Waals surface area contributed by atoms with Crippen molar-refractivity contribution in [3.8, 4) is 11.3 Å². The van der Waals surface area contributed by atoms with Gasteiger partial charge in [0.1, 0.15) is 12.7 Å². The Labute approximate surface area is 105 Å². The van der Waals surface area contributed by atoms with Crippen molar-refractivity contribution >= 4 is 0 Å². The second kappa shape index (κ2) is 4.79. The van der Waals surface area contributed by atoms with Gasteiger partial charge in [-0.05, 0) is 11.6 Å². The highest BCUT2D eigenvalue weighted by atomic mass is 15.2. The summed E-state index contributed by atoms with van der Waals surface area (Å²) in [5.41, 5.74) is 3.26. The van der Waals surface area contributed by atoms with E-state index in [2.05, 4.69) is 33.4 Å². The van der Waals surface area contributed by atoms with Crippen LogP contribution in [0, 0.1) is 0 Å². The highest BCUT2D eigenvalue weighted by molar-refractivity contribution is 5.58. The summed E-state index contributed by atoms with van der Waals surface area (Å²) in [6, 6.07) is 14.3. The third kappa shape index (κ3) is 2.27. The molecule has 0 fully saturated rings. The standard InChI is InChI=1S/C14H12N4/c1-2-4-13(5-3-1)14-7-6-12(8-15-14)9-18-10-16-17-11-18/h1-8,10-11H,9H2. The van der Waals surface area contributed by atoms with Crippen molar-refractivity contribution in [2.75, 3.05) is 0 Å². The lowest BCUT2D eigenvalue weighted by Gasteiger charge is -2.04. The maximum absolute atomic E-state index is 4.48. The van der Waals surface area contributed by atoms with Crippen molar-refractivity contribution in [2.45, 2.75) is 6.54 Å². The van der Waals surface area contributed by atoms with E-state index in [1.54, 1.807) is 12.7 Å². The van der Waals surface area contributed by atoms with E-state index in [4.69, 9.17) is 0 Å². The molecular weight excluding hydrogens is 224 g/mol. The summed E-state index contributed by atoms with van der Waals surface area (Å²) in [6.45, 7) is 0.745. The average molecular weight is 236 g/mol. The van der Waals surface area contributed by atoms with Gasteiger partial charge in [-0.25, -0.2) is 0 Å². The molecule has 3 aromatic rings. The van der Waals surface area contributed by atoms with Crippen LogP contribution in [0.5, 0.6) is 0 Å². The number of hydrogen-bond acceptors (Lipinski definition) is 3. The first kappa shape index (κ1) is 10.7. The lowest BCUT2D eigenvalue weighted by atomic mass is 10.1. The first-order valence-electron chi connectivity index (χ1n) is 5.74. The molecule has 0 saturated heterocycles. The van der Waals surface area contributed by atoms with Crippen LogP contribution < -0.4 is 0 Å². The summed E-state index contributed by atoms with van der Waals surface area (Å²) < 4.78 is 1.92. The van der Waals surface area contributed by atoms with Gasteiger partial charge in [0.15, 0.2) is 0 Å². The Bertz CT molecular complexity index is 600. The number of hydrogen-bond donors (Lipinski definition) is 0. The van der Waals surface area contributed by atoms with Crippen molar-refractivity contribution in [1.29, 1.82) is 0 Å². The minimum Gasteiger partial charge on any atom is -0.316 e. The smallest absolute Gasteiger partial charge is 0.119 e. The molecule has 88 valence electrons. The van der Waals surface area contributed by atoms with E-state index in [0.717, 1.165) is 23.4 Å². The van der Waals surface area contributed by atoms with Crippen molar-refractivity contribution in [3.63, 3.8) is 0 Å². The molecule has 4 nitrogen and oxygen atoms in total. The molecule has 1 aromatic carbocycles. The van der Waals surface area contributed by atoms with Crippen LogP contribution in [0.1, 0.15) is 5.56 Å². The molecule has 0 unspecified atom stereocenters. The van der Waals surface area contributed by atoms with Crippen LogP contribution in [0.3, 0.4) is 0 Å². The fraction of sp³-hybridized carbons (Fsp3) is 0.0714. The van der Waals surface area contributed by atoms with Gasteiger partial charge in [0.25, 0.3) is 0 Å². The van der Waals surface area contributed by atoms with Gasteiger partial charge >= 0.3 is 0 Å². The molecule has 18 heavy (non-hydrogen) atoms. The third-order valence-corrected chi connectivity index (χ3v) is 2.73. The highest BCUT2D eigenvalue weighted by Gasteiger charge is 1.99. The summed E-state index contributed by atoms with van der Waals surface area (Å²) in [5, 5.41) is 7.55. The number of aromatic nitrogens is 4. The topological polar surface area (TPSA) is 43.6 Å². The minimum absolute atomic E-state index is 0.745. The molecular formula is C14H12N4. The Hall–Kier alpha value is -2.49. The summed E-state index contributed by atoms with van der Waals surface area (Å²) in [5.74, 6) is 0. The van der Waals surface area contributed by atoms with E-state index in [0.29, 0.717) is 0 Å². The van der Waals surface area contributed by atoms with Crippen LogP contribution in [0.25, 0.3) is 11.3 Å². The summed E-state index contributed by atoms with van der Waals surface area (Å²) in [4.78, 5) is 4.48. The van der Waals surface area contributed by atoms with E-state index in [1.807, 2.05) is 35.0 Å². The normalized spacial score (nSPS) is 10.4. The Morgan fingerprint density at radius 3 is 2.33 bits per heavy atom. The molecule has 2 heterocycles. The zero-order valence-corrected chi connectivity index (χ0v) is 9.77. The number of benzene rings is 1. The predicted octanol–water partition coefficient (Wildman–Crippen LogP) is 2.39. The Balaban J connectivity index is 1.81. The van der Waals surface area contributed by atoms with Crippen LogP contribution in [0.4, 0.5) is 0 Å². The van der Waals surface area contributed by atoms with E-state index in [9.17, 15) is 0 Å². The maximum Gasteiger partial charge on any atom is 0.119 e. The van der Waals surface area contributed by atoms with Crippen LogP contribution in [-0.2, 0) is 6.54 Å². The Kier molecular flexibility index (Phi) is 2.84. The molecule has 3 rings (SSSR count). The zero-order chi connectivity index (χ0) is 12.2. The molecule has 0 amide bonds.